The number of sulfonamides is 1. The standard InChI is InChI=1S/C24H41N3O3S/c1-5-6-20(4)31(28,29)26-23-9-7-21(8-10-23)15-25-22-11-13-24(14-12-22)27-16-18(2)30-19(3)17-27/h11-14,18-21,23,25-26H,5-10,15-17H2,1-4H3. The maximum absolute atomic E-state index is 12.4. The van der Waals surface area contributed by atoms with Crippen LogP contribution in [0.4, 0.5) is 11.4 Å². The van der Waals surface area contributed by atoms with E-state index in [2.05, 4.69) is 53.1 Å². The molecule has 2 fully saturated rings. The highest BCUT2D eigenvalue weighted by Gasteiger charge is 2.27. The van der Waals surface area contributed by atoms with Gasteiger partial charge in [0.05, 0.1) is 17.5 Å². The highest BCUT2D eigenvalue weighted by molar-refractivity contribution is 7.90. The molecule has 6 nitrogen and oxygen atoms in total. The third-order valence-electron chi connectivity index (χ3n) is 6.65. The predicted octanol–water partition coefficient (Wildman–Crippen LogP) is 4.38. The summed E-state index contributed by atoms with van der Waals surface area (Å²) in [5, 5.41) is 3.28. The molecule has 1 aliphatic carbocycles. The van der Waals surface area contributed by atoms with Gasteiger partial charge in [-0.1, -0.05) is 13.3 Å². The summed E-state index contributed by atoms with van der Waals surface area (Å²) >= 11 is 0. The Kier molecular flexibility index (Phi) is 8.65. The highest BCUT2D eigenvalue weighted by Crippen LogP contribution is 2.27. The number of hydrogen-bond donors (Lipinski definition) is 2. The first-order valence-corrected chi connectivity index (χ1v) is 13.6. The number of nitrogens with one attached hydrogen (secondary N) is 2. The monoisotopic (exact) mass is 451 g/mol. The zero-order valence-electron chi connectivity index (χ0n) is 19.6. The number of rotatable bonds is 9. The van der Waals surface area contributed by atoms with Gasteiger partial charge < -0.3 is 15.0 Å². The fraction of sp³-hybridized carbons (Fsp3) is 0.750. The molecule has 0 bridgehead atoms. The maximum Gasteiger partial charge on any atom is 0.214 e. The van der Waals surface area contributed by atoms with Crippen LogP contribution in [0.15, 0.2) is 24.3 Å². The largest absolute Gasteiger partial charge is 0.385 e. The normalized spacial score (nSPS) is 28.3. The van der Waals surface area contributed by atoms with Gasteiger partial charge in [0, 0.05) is 37.1 Å². The number of nitrogens with zero attached hydrogens (tertiary/aromatic N) is 1. The van der Waals surface area contributed by atoms with E-state index in [1.807, 2.05) is 13.8 Å². The van der Waals surface area contributed by atoms with Gasteiger partial charge in [-0.05, 0) is 83.1 Å². The molecule has 1 saturated heterocycles. The molecule has 1 aromatic rings. The smallest absolute Gasteiger partial charge is 0.214 e. The van der Waals surface area contributed by atoms with Crippen LogP contribution in [-0.4, -0.2) is 51.6 Å². The summed E-state index contributed by atoms with van der Waals surface area (Å²) in [7, 11) is -3.19. The third-order valence-corrected chi connectivity index (χ3v) is 8.61. The average Bonchev–Trinajstić information content (AvgIpc) is 2.73. The lowest BCUT2D eigenvalue weighted by molar-refractivity contribution is -0.00521. The van der Waals surface area contributed by atoms with Gasteiger partial charge in [0.1, 0.15) is 0 Å². The number of ether oxygens (including phenoxy) is 1. The predicted molar refractivity (Wildman–Crippen MR) is 129 cm³/mol. The van der Waals surface area contributed by atoms with Gasteiger partial charge in [0.2, 0.25) is 10.0 Å². The second-order valence-electron chi connectivity index (χ2n) is 9.57. The summed E-state index contributed by atoms with van der Waals surface area (Å²) in [6, 6.07) is 8.80. The van der Waals surface area contributed by atoms with Crippen LogP contribution in [0.3, 0.4) is 0 Å². The van der Waals surface area contributed by atoms with Crippen LogP contribution in [0.2, 0.25) is 0 Å². The van der Waals surface area contributed by atoms with E-state index in [4.69, 9.17) is 4.74 Å². The van der Waals surface area contributed by atoms with Crippen molar-refractivity contribution in [3.8, 4) is 0 Å². The van der Waals surface area contributed by atoms with Crippen molar-refractivity contribution in [2.24, 2.45) is 5.92 Å². The van der Waals surface area contributed by atoms with E-state index in [0.29, 0.717) is 5.92 Å². The van der Waals surface area contributed by atoms with Crippen molar-refractivity contribution in [1.29, 1.82) is 0 Å². The molecule has 1 aliphatic heterocycles. The SMILES string of the molecule is CCCC(C)S(=O)(=O)NC1CCC(CNc2ccc(N3CC(C)OC(C)C3)cc2)CC1. The van der Waals surface area contributed by atoms with E-state index < -0.39 is 10.0 Å². The lowest BCUT2D eigenvalue weighted by Gasteiger charge is -2.37. The Labute approximate surface area is 189 Å². The molecular formula is C24H41N3O3S. The Bertz CT molecular complexity index is 766. The molecule has 0 spiro atoms. The van der Waals surface area contributed by atoms with Crippen molar-refractivity contribution < 1.29 is 13.2 Å². The molecule has 3 unspecified atom stereocenters. The van der Waals surface area contributed by atoms with Gasteiger partial charge in [0.15, 0.2) is 0 Å². The second kappa shape index (κ2) is 11.0. The Morgan fingerprint density at radius 1 is 1.06 bits per heavy atom. The summed E-state index contributed by atoms with van der Waals surface area (Å²) in [6.45, 7) is 10.9. The summed E-state index contributed by atoms with van der Waals surface area (Å²) < 4.78 is 33.6. The molecule has 1 saturated carbocycles. The van der Waals surface area contributed by atoms with E-state index in [1.54, 1.807) is 0 Å². The van der Waals surface area contributed by atoms with Crippen molar-refractivity contribution in [3.05, 3.63) is 24.3 Å². The third kappa shape index (κ3) is 7.09. The molecule has 2 aliphatic rings. The molecule has 0 amide bonds. The molecular weight excluding hydrogens is 410 g/mol. The topological polar surface area (TPSA) is 70.7 Å². The van der Waals surface area contributed by atoms with E-state index >= 15 is 0 Å². The first-order valence-electron chi connectivity index (χ1n) is 12.0. The van der Waals surface area contributed by atoms with Gasteiger partial charge in [-0.3, -0.25) is 0 Å². The Balaban J connectivity index is 1.41. The molecule has 7 heteroatoms. The van der Waals surface area contributed by atoms with Crippen LogP contribution >= 0.6 is 0 Å². The second-order valence-corrected chi connectivity index (χ2v) is 11.7. The van der Waals surface area contributed by atoms with Gasteiger partial charge in [0.25, 0.3) is 0 Å². The Hall–Kier alpha value is -1.31. The maximum atomic E-state index is 12.4. The van der Waals surface area contributed by atoms with Crippen LogP contribution in [0.25, 0.3) is 0 Å². The first-order chi connectivity index (χ1) is 14.8. The average molecular weight is 452 g/mol. The fourth-order valence-electron chi connectivity index (χ4n) is 4.84. The Morgan fingerprint density at radius 3 is 2.26 bits per heavy atom. The van der Waals surface area contributed by atoms with Crippen molar-refractivity contribution in [1.82, 2.24) is 4.72 Å². The number of anilines is 2. The van der Waals surface area contributed by atoms with Crippen LogP contribution in [-0.2, 0) is 14.8 Å². The quantitative estimate of drug-likeness (QED) is 0.583. The van der Waals surface area contributed by atoms with Gasteiger partial charge >= 0.3 is 0 Å². The van der Waals surface area contributed by atoms with Crippen molar-refractivity contribution in [2.45, 2.75) is 89.7 Å². The minimum absolute atomic E-state index is 0.0955. The summed E-state index contributed by atoms with van der Waals surface area (Å²) in [4.78, 5) is 2.40. The molecule has 2 N–H and O–H groups in total. The zero-order chi connectivity index (χ0) is 22.4. The van der Waals surface area contributed by atoms with Gasteiger partial charge in [-0.2, -0.15) is 0 Å². The molecule has 0 radical (unpaired) electrons. The van der Waals surface area contributed by atoms with E-state index in [0.717, 1.165) is 63.8 Å². The minimum Gasteiger partial charge on any atom is -0.385 e. The minimum atomic E-state index is -3.19. The molecule has 3 atom stereocenters. The first kappa shape index (κ1) is 24.3. The molecule has 31 heavy (non-hydrogen) atoms. The lowest BCUT2D eigenvalue weighted by atomic mass is 9.86. The summed E-state index contributed by atoms with van der Waals surface area (Å²) in [5.41, 5.74) is 2.40. The van der Waals surface area contributed by atoms with Crippen LogP contribution < -0.4 is 14.9 Å². The van der Waals surface area contributed by atoms with E-state index in [-0.39, 0.29) is 23.5 Å². The summed E-state index contributed by atoms with van der Waals surface area (Å²) in [6.07, 6.45) is 6.11. The molecule has 3 rings (SSSR count). The number of benzene rings is 1. The van der Waals surface area contributed by atoms with E-state index in [9.17, 15) is 8.42 Å². The fourth-order valence-corrected chi connectivity index (χ4v) is 6.31. The molecule has 176 valence electrons. The number of hydrogen-bond acceptors (Lipinski definition) is 5. The van der Waals surface area contributed by atoms with Crippen LogP contribution in [0, 0.1) is 5.92 Å². The van der Waals surface area contributed by atoms with Crippen molar-refractivity contribution >= 4 is 21.4 Å². The molecule has 1 heterocycles. The van der Waals surface area contributed by atoms with E-state index in [1.165, 1.54) is 5.69 Å². The summed E-state index contributed by atoms with van der Waals surface area (Å²) in [5.74, 6) is 0.592. The van der Waals surface area contributed by atoms with Crippen molar-refractivity contribution in [3.63, 3.8) is 0 Å². The molecule has 1 aromatic carbocycles. The van der Waals surface area contributed by atoms with Crippen molar-refractivity contribution in [2.75, 3.05) is 29.9 Å². The van der Waals surface area contributed by atoms with Crippen LogP contribution in [0.5, 0.6) is 0 Å². The van der Waals surface area contributed by atoms with Crippen LogP contribution in [0.1, 0.15) is 66.2 Å². The van der Waals surface area contributed by atoms with Gasteiger partial charge in [-0.15, -0.1) is 0 Å². The molecule has 0 aromatic heterocycles. The number of morpholine rings is 1. The highest BCUT2D eigenvalue weighted by atomic mass is 32.2. The lowest BCUT2D eigenvalue weighted by Crippen LogP contribution is -2.45. The van der Waals surface area contributed by atoms with Gasteiger partial charge in [-0.25, -0.2) is 13.1 Å². The Morgan fingerprint density at radius 2 is 1.68 bits per heavy atom. The zero-order valence-corrected chi connectivity index (χ0v) is 20.5.